The molecule has 0 aliphatic carbocycles. The number of benzene rings is 1. The van der Waals surface area contributed by atoms with E-state index in [9.17, 15) is 4.79 Å². The van der Waals surface area contributed by atoms with Crippen molar-refractivity contribution in [1.82, 2.24) is 0 Å². The Morgan fingerprint density at radius 1 is 1.36 bits per heavy atom. The van der Waals surface area contributed by atoms with Crippen molar-refractivity contribution in [1.29, 1.82) is 0 Å². The van der Waals surface area contributed by atoms with Crippen LogP contribution in [0, 0.1) is 0 Å². The molecule has 76 valence electrons. The van der Waals surface area contributed by atoms with Crippen LogP contribution in [0.4, 0.5) is 5.69 Å². The highest BCUT2D eigenvalue weighted by Gasteiger charge is 2.32. The summed E-state index contributed by atoms with van der Waals surface area (Å²) in [7, 11) is 0. The lowest BCUT2D eigenvalue weighted by Crippen LogP contribution is -3.00. The summed E-state index contributed by atoms with van der Waals surface area (Å²) in [5.74, 6) is 0.233. The number of carbonyl (C=O) groups excluding carboxylic acids is 1. The van der Waals surface area contributed by atoms with Crippen molar-refractivity contribution in [2.75, 3.05) is 5.32 Å². The summed E-state index contributed by atoms with van der Waals surface area (Å²) in [6, 6.07) is 7.71. The van der Waals surface area contributed by atoms with Crippen LogP contribution in [-0.2, 0) is 4.79 Å². The van der Waals surface area contributed by atoms with Gasteiger partial charge in [-0.2, -0.15) is 0 Å². The molecule has 2 atom stereocenters. The maximum atomic E-state index is 11.4. The first-order chi connectivity index (χ1) is 6.20. The van der Waals surface area contributed by atoms with Crippen LogP contribution in [-0.4, -0.2) is 11.9 Å². The first-order valence-corrected chi connectivity index (χ1v) is 4.43. The van der Waals surface area contributed by atoms with E-state index in [0.29, 0.717) is 0 Å². The van der Waals surface area contributed by atoms with E-state index in [4.69, 9.17) is 0 Å². The number of rotatable bonds is 0. The molecule has 1 aliphatic rings. The van der Waals surface area contributed by atoms with Crippen molar-refractivity contribution >= 4 is 11.6 Å². The number of hydrogen-bond donors (Lipinski definition) is 2. The van der Waals surface area contributed by atoms with Gasteiger partial charge in [0.2, 0.25) is 0 Å². The van der Waals surface area contributed by atoms with E-state index >= 15 is 0 Å². The number of carbonyl (C=O) groups is 1. The second kappa shape index (κ2) is 3.98. The van der Waals surface area contributed by atoms with Gasteiger partial charge >= 0.3 is 0 Å². The average molecular weight is 213 g/mol. The standard InChI is InChI=1S/C10H12N2O.ClH/c1-6-7-4-2-3-5-8(7)12-10(13)9(6)11;/h2-6,9H,11H2,1H3,(H,12,13);1H. The molecule has 0 spiro atoms. The Morgan fingerprint density at radius 2 is 2.00 bits per heavy atom. The minimum atomic E-state index is -0.171. The van der Waals surface area contributed by atoms with Crippen molar-refractivity contribution in [2.24, 2.45) is 0 Å². The Bertz CT molecular complexity index is 354. The fourth-order valence-electron chi connectivity index (χ4n) is 1.68. The highest BCUT2D eigenvalue weighted by atomic mass is 35.5. The summed E-state index contributed by atoms with van der Waals surface area (Å²) >= 11 is 0. The van der Waals surface area contributed by atoms with Gasteiger partial charge in [-0.05, 0) is 11.6 Å². The number of amides is 1. The molecule has 0 bridgehead atoms. The molecule has 3 nitrogen and oxygen atoms in total. The lowest BCUT2D eigenvalue weighted by molar-refractivity contribution is -0.407. The van der Waals surface area contributed by atoms with Crippen LogP contribution in [0.2, 0.25) is 0 Å². The van der Waals surface area contributed by atoms with Gasteiger partial charge in [0.15, 0.2) is 6.04 Å². The first kappa shape index (κ1) is 11.0. The third-order valence-electron chi connectivity index (χ3n) is 2.65. The maximum absolute atomic E-state index is 11.4. The van der Waals surface area contributed by atoms with E-state index in [1.807, 2.05) is 31.2 Å². The van der Waals surface area contributed by atoms with E-state index in [-0.39, 0.29) is 30.3 Å². The normalized spacial score (nSPS) is 24.6. The number of quaternary nitrogens is 1. The molecule has 0 radical (unpaired) electrons. The third-order valence-corrected chi connectivity index (χ3v) is 2.65. The number of hydrogen-bond acceptors (Lipinski definition) is 1. The summed E-state index contributed by atoms with van der Waals surface area (Å²) in [6.45, 7) is 2.04. The SMILES string of the molecule is CC1c2ccccc2NC(=O)C1[NH3+].[Cl-]. The minimum Gasteiger partial charge on any atom is -1.00 e. The van der Waals surface area contributed by atoms with E-state index < -0.39 is 0 Å². The van der Waals surface area contributed by atoms with Crippen molar-refractivity contribution < 1.29 is 22.9 Å². The van der Waals surface area contributed by atoms with Crippen molar-refractivity contribution in [3.8, 4) is 0 Å². The summed E-state index contributed by atoms with van der Waals surface area (Å²) in [4.78, 5) is 11.4. The van der Waals surface area contributed by atoms with Crippen molar-refractivity contribution in [2.45, 2.75) is 18.9 Å². The van der Waals surface area contributed by atoms with E-state index in [1.165, 1.54) is 5.56 Å². The predicted octanol–water partition coefficient (Wildman–Crippen LogP) is -2.64. The molecule has 4 heteroatoms. The third kappa shape index (κ3) is 1.61. The lowest BCUT2D eigenvalue weighted by atomic mass is 9.89. The highest BCUT2D eigenvalue weighted by molar-refractivity contribution is 5.97. The Kier molecular flexibility index (Phi) is 3.13. The lowest BCUT2D eigenvalue weighted by Gasteiger charge is -2.25. The Hall–Kier alpha value is -1.06. The van der Waals surface area contributed by atoms with Crippen molar-refractivity contribution in [3.63, 3.8) is 0 Å². The van der Waals surface area contributed by atoms with Gasteiger partial charge in [-0.3, -0.25) is 4.79 Å². The molecule has 4 N–H and O–H groups in total. The second-order valence-electron chi connectivity index (χ2n) is 3.47. The first-order valence-electron chi connectivity index (χ1n) is 4.43. The van der Waals surface area contributed by atoms with E-state index in [2.05, 4.69) is 11.1 Å². The zero-order valence-corrected chi connectivity index (χ0v) is 8.71. The van der Waals surface area contributed by atoms with Crippen LogP contribution < -0.4 is 23.5 Å². The van der Waals surface area contributed by atoms with Gasteiger partial charge in [0.05, 0.1) is 0 Å². The zero-order valence-electron chi connectivity index (χ0n) is 7.96. The van der Waals surface area contributed by atoms with E-state index in [1.54, 1.807) is 0 Å². The highest BCUT2D eigenvalue weighted by Crippen LogP contribution is 2.29. The number of fused-ring (bicyclic) bond motifs is 1. The smallest absolute Gasteiger partial charge is 0.283 e. The van der Waals surface area contributed by atoms with Crippen LogP contribution in [0.15, 0.2) is 24.3 Å². The molecule has 0 saturated carbocycles. The van der Waals surface area contributed by atoms with Gasteiger partial charge in [-0.15, -0.1) is 0 Å². The van der Waals surface area contributed by atoms with Crippen LogP contribution in [0.25, 0.3) is 0 Å². The summed E-state index contributed by atoms with van der Waals surface area (Å²) in [5.41, 5.74) is 5.96. The minimum absolute atomic E-state index is 0. The van der Waals surface area contributed by atoms with Crippen LogP contribution in [0.1, 0.15) is 18.4 Å². The summed E-state index contributed by atoms with van der Waals surface area (Å²) in [5, 5.41) is 2.84. The van der Waals surface area contributed by atoms with Gasteiger partial charge in [0, 0.05) is 11.6 Å². The fourth-order valence-corrected chi connectivity index (χ4v) is 1.68. The molecule has 2 rings (SSSR count). The van der Waals surface area contributed by atoms with Crippen LogP contribution in [0.3, 0.4) is 0 Å². The summed E-state index contributed by atoms with van der Waals surface area (Å²) < 4.78 is 0. The Labute approximate surface area is 89.1 Å². The molecule has 1 aliphatic heterocycles. The molecule has 1 aromatic carbocycles. The average Bonchev–Trinajstić information content (AvgIpc) is 2.15. The zero-order chi connectivity index (χ0) is 9.42. The number of halogens is 1. The Morgan fingerprint density at radius 3 is 2.71 bits per heavy atom. The molecule has 0 aromatic heterocycles. The van der Waals surface area contributed by atoms with Gasteiger partial charge in [0.25, 0.3) is 5.91 Å². The molecule has 1 aromatic rings. The predicted molar refractivity (Wildman–Crippen MR) is 50.2 cm³/mol. The van der Waals surface area contributed by atoms with Crippen molar-refractivity contribution in [3.05, 3.63) is 29.8 Å². The molecule has 0 fully saturated rings. The maximum Gasteiger partial charge on any atom is 0.283 e. The van der Waals surface area contributed by atoms with Gasteiger partial charge in [0.1, 0.15) is 0 Å². The number of anilines is 1. The molecular formula is C10H13ClN2O. The monoisotopic (exact) mass is 212 g/mol. The van der Waals surface area contributed by atoms with Gasteiger partial charge < -0.3 is 23.5 Å². The fraction of sp³-hybridized carbons (Fsp3) is 0.300. The van der Waals surface area contributed by atoms with Crippen LogP contribution in [0.5, 0.6) is 0 Å². The van der Waals surface area contributed by atoms with Gasteiger partial charge in [-0.1, -0.05) is 25.1 Å². The van der Waals surface area contributed by atoms with E-state index in [0.717, 1.165) is 5.69 Å². The molecule has 0 saturated heterocycles. The largest absolute Gasteiger partial charge is 1.00 e. The topological polar surface area (TPSA) is 56.7 Å². The molecular weight excluding hydrogens is 200 g/mol. The number of para-hydroxylation sites is 1. The number of nitrogens with one attached hydrogen (secondary N) is 1. The molecule has 1 heterocycles. The molecule has 2 unspecified atom stereocenters. The summed E-state index contributed by atoms with van der Waals surface area (Å²) in [6.07, 6.45) is 0. The van der Waals surface area contributed by atoms with Gasteiger partial charge in [-0.25, -0.2) is 0 Å². The Balaban J connectivity index is 0.000000980. The quantitative estimate of drug-likeness (QED) is 0.485. The van der Waals surface area contributed by atoms with Crippen LogP contribution >= 0.6 is 0 Å². The molecule has 14 heavy (non-hydrogen) atoms. The second-order valence-corrected chi connectivity index (χ2v) is 3.47. The molecule has 1 amide bonds.